The van der Waals surface area contributed by atoms with Crippen LogP contribution in [0.5, 0.6) is 0 Å². The Bertz CT molecular complexity index is 1150. The lowest BCUT2D eigenvalue weighted by atomic mass is 10.1. The zero-order chi connectivity index (χ0) is 20.0. The van der Waals surface area contributed by atoms with E-state index in [9.17, 15) is 0 Å². The number of benzene rings is 2. The van der Waals surface area contributed by atoms with Crippen LogP contribution in [0.4, 0.5) is 5.69 Å². The van der Waals surface area contributed by atoms with E-state index >= 15 is 0 Å². The SMILES string of the molecule is C[C@H]1CN(C)CCN1c1ccc(-c2cc(-c3n[nH]c4cc(Br)ccc34)on2)cc1. The van der Waals surface area contributed by atoms with E-state index in [1.807, 2.05) is 24.3 Å². The zero-order valence-electron chi connectivity index (χ0n) is 16.4. The summed E-state index contributed by atoms with van der Waals surface area (Å²) in [6.07, 6.45) is 0. The molecule has 0 amide bonds. The first-order valence-corrected chi connectivity index (χ1v) is 10.5. The minimum absolute atomic E-state index is 0.506. The van der Waals surface area contributed by atoms with Crippen molar-refractivity contribution in [2.75, 3.05) is 31.6 Å². The highest BCUT2D eigenvalue weighted by Gasteiger charge is 2.22. The van der Waals surface area contributed by atoms with Crippen LogP contribution in [0.3, 0.4) is 0 Å². The van der Waals surface area contributed by atoms with Gasteiger partial charge in [0.05, 0.1) is 5.52 Å². The van der Waals surface area contributed by atoms with Gasteiger partial charge in [0.1, 0.15) is 11.4 Å². The van der Waals surface area contributed by atoms with Crippen molar-refractivity contribution in [3.05, 3.63) is 53.0 Å². The quantitative estimate of drug-likeness (QED) is 0.485. The maximum absolute atomic E-state index is 5.62. The van der Waals surface area contributed by atoms with Crippen molar-refractivity contribution in [3.8, 4) is 22.7 Å². The van der Waals surface area contributed by atoms with Gasteiger partial charge in [0, 0.05) is 52.9 Å². The van der Waals surface area contributed by atoms with Crippen LogP contribution in [0.25, 0.3) is 33.6 Å². The lowest BCUT2D eigenvalue weighted by molar-refractivity contribution is 0.275. The minimum atomic E-state index is 0.506. The summed E-state index contributed by atoms with van der Waals surface area (Å²) in [7, 11) is 2.18. The number of hydrogen-bond acceptors (Lipinski definition) is 5. The minimum Gasteiger partial charge on any atom is -0.366 e. The molecule has 0 spiro atoms. The van der Waals surface area contributed by atoms with E-state index in [1.165, 1.54) is 5.69 Å². The van der Waals surface area contributed by atoms with Crippen LogP contribution in [-0.4, -0.2) is 53.0 Å². The van der Waals surface area contributed by atoms with Crippen LogP contribution in [0.2, 0.25) is 0 Å². The molecular weight excluding hydrogens is 430 g/mol. The van der Waals surface area contributed by atoms with Crippen molar-refractivity contribution in [3.63, 3.8) is 0 Å². The number of anilines is 1. The van der Waals surface area contributed by atoms with Gasteiger partial charge >= 0.3 is 0 Å². The molecule has 1 aliphatic heterocycles. The van der Waals surface area contributed by atoms with Crippen molar-refractivity contribution < 1.29 is 4.52 Å². The number of nitrogens with one attached hydrogen (secondary N) is 1. The number of aromatic amines is 1. The molecule has 2 aromatic heterocycles. The molecule has 7 heteroatoms. The van der Waals surface area contributed by atoms with Crippen molar-refractivity contribution in [1.29, 1.82) is 0 Å². The third kappa shape index (κ3) is 3.45. The van der Waals surface area contributed by atoms with Crippen LogP contribution in [-0.2, 0) is 0 Å². The van der Waals surface area contributed by atoms with Gasteiger partial charge in [-0.25, -0.2) is 0 Å². The van der Waals surface area contributed by atoms with Crippen molar-refractivity contribution in [2.45, 2.75) is 13.0 Å². The number of nitrogens with zero attached hydrogens (tertiary/aromatic N) is 4. The van der Waals surface area contributed by atoms with E-state index in [1.54, 1.807) is 0 Å². The molecule has 3 heterocycles. The fourth-order valence-corrected chi connectivity index (χ4v) is 4.41. The second-order valence-corrected chi connectivity index (χ2v) is 8.61. The summed E-state index contributed by atoms with van der Waals surface area (Å²) in [5, 5.41) is 12.7. The van der Waals surface area contributed by atoms with E-state index in [4.69, 9.17) is 4.52 Å². The van der Waals surface area contributed by atoms with Gasteiger partial charge in [-0.05, 0) is 44.3 Å². The molecule has 2 aromatic carbocycles. The molecule has 4 aromatic rings. The molecule has 0 aliphatic carbocycles. The number of aromatic nitrogens is 3. The molecule has 1 N–H and O–H groups in total. The Kier molecular flexibility index (Phi) is 4.64. The lowest BCUT2D eigenvalue weighted by Crippen LogP contribution is -2.50. The second kappa shape index (κ2) is 7.31. The summed E-state index contributed by atoms with van der Waals surface area (Å²) in [6.45, 7) is 5.50. The Hall–Kier alpha value is -2.64. The number of rotatable bonds is 3. The predicted octanol–water partition coefficient (Wildman–Crippen LogP) is 4.79. The van der Waals surface area contributed by atoms with E-state index in [2.05, 4.69) is 79.3 Å². The molecule has 1 aliphatic rings. The molecule has 5 rings (SSSR count). The van der Waals surface area contributed by atoms with Gasteiger partial charge in [-0.15, -0.1) is 0 Å². The molecule has 148 valence electrons. The largest absolute Gasteiger partial charge is 0.366 e. The predicted molar refractivity (Wildman–Crippen MR) is 119 cm³/mol. The standard InChI is InChI=1S/C22H22BrN5O/c1-14-13-27(2)9-10-28(14)17-6-3-15(4-7-17)19-12-21(29-26-19)22-18-8-5-16(23)11-20(18)24-25-22/h3-8,11-12,14H,9-10,13H2,1-2H3,(H,24,25)/t14-/m0/s1. The Balaban J connectivity index is 1.40. The molecule has 0 unspecified atom stereocenters. The monoisotopic (exact) mass is 451 g/mol. The van der Waals surface area contributed by atoms with Crippen molar-refractivity contribution in [1.82, 2.24) is 20.3 Å². The van der Waals surface area contributed by atoms with E-state index < -0.39 is 0 Å². The van der Waals surface area contributed by atoms with Gasteiger partial charge in [-0.2, -0.15) is 5.10 Å². The fraction of sp³-hybridized carbons (Fsp3) is 0.273. The number of halogens is 1. The first-order valence-electron chi connectivity index (χ1n) is 9.75. The smallest absolute Gasteiger partial charge is 0.188 e. The lowest BCUT2D eigenvalue weighted by Gasteiger charge is -2.39. The topological polar surface area (TPSA) is 61.2 Å². The number of likely N-dealkylation sites (N-methyl/N-ethyl adjacent to an activating group) is 1. The summed E-state index contributed by atoms with van der Waals surface area (Å²) in [5.41, 5.74) is 4.83. The van der Waals surface area contributed by atoms with Crippen molar-refractivity contribution >= 4 is 32.5 Å². The summed E-state index contributed by atoms with van der Waals surface area (Å²) < 4.78 is 6.62. The average molecular weight is 452 g/mol. The average Bonchev–Trinajstić information content (AvgIpc) is 3.35. The maximum atomic E-state index is 5.62. The van der Waals surface area contributed by atoms with Gasteiger partial charge in [-0.1, -0.05) is 33.2 Å². The molecule has 1 saturated heterocycles. The first-order chi connectivity index (χ1) is 14.1. The Morgan fingerprint density at radius 1 is 1.10 bits per heavy atom. The van der Waals surface area contributed by atoms with Crippen LogP contribution >= 0.6 is 15.9 Å². The third-order valence-corrected chi connectivity index (χ3v) is 6.09. The first kappa shape index (κ1) is 18.4. The molecular formula is C22H22BrN5O. The summed E-state index contributed by atoms with van der Waals surface area (Å²) in [5.74, 6) is 0.658. The number of hydrogen-bond donors (Lipinski definition) is 1. The number of H-pyrrole nitrogens is 1. The van der Waals surface area contributed by atoms with Gasteiger partial charge in [-0.3, -0.25) is 5.10 Å². The van der Waals surface area contributed by atoms with Crippen LogP contribution in [0.1, 0.15) is 6.92 Å². The van der Waals surface area contributed by atoms with Crippen LogP contribution < -0.4 is 4.90 Å². The summed E-state index contributed by atoms with van der Waals surface area (Å²) in [4.78, 5) is 4.84. The van der Waals surface area contributed by atoms with E-state index in [0.29, 0.717) is 11.8 Å². The number of fused-ring (bicyclic) bond motifs is 1. The highest BCUT2D eigenvalue weighted by molar-refractivity contribution is 9.10. The van der Waals surface area contributed by atoms with Crippen LogP contribution in [0, 0.1) is 0 Å². The van der Waals surface area contributed by atoms with Crippen molar-refractivity contribution in [2.24, 2.45) is 0 Å². The molecule has 0 saturated carbocycles. The maximum Gasteiger partial charge on any atom is 0.188 e. The van der Waals surface area contributed by atoms with E-state index in [-0.39, 0.29) is 0 Å². The summed E-state index contributed by atoms with van der Waals surface area (Å²) in [6, 6.07) is 17.0. The van der Waals surface area contributed by atoms with Gasteiger partial charge in [0.2, 0.25) is 0 Å². The normalized spacial score (nSPS) is 17.9. The fourth-order valence-electron chi connectivity index (χ4n) is 4.05. The Morgan fingerprint density at radius 3 is 2.72 bits per heavy atom. The molecule has 1 atom stereocenters. The molecule has 0 bridgehead atoms. The molecule has 1 fully saturated rings. The Labute approximate surface area is 177 Å². The van der Waals surface area contributed by atoms with Gasteiger partial charge in [0.25, 0.3) is 0 Å². The number of piperazine rings is 1. The van der Waals surface area contributed by atoms with E-state index in [0.717, 1.165) is 52.0 Å². The molecule has 0 radical (unpaired) electrons. The Morgan fingerprint density at radius 2 is 1.93 bits per heavy atom. The molecule has 6 nitrogen and oxygen atoms in total. The zero-order valence-corrected chi connectivity index (χ0v) is 18.0. The molecule has 29 heavy (non-hydrogen) atoms. The van der Waals surface area contributed by atoms with Gasteiger partial charge in [0.15, 0.2) is 5.76 Å². The van der Waals surface area contributed by atoms with Crippen LogP contribution in [0.15, 0.2) is 57.5 Å². The third-order valence-electron chi connectivity index (χ3n) is 5.59. The highest BCUT2D eigenvalue weighted by atomic mass is 79.9. The van der Waals surface area contributed by atoms with Gasteiger partial charge < -0.3 is 14.3 Å². The summed E-state index contributed by atoms with van der Waals surface area (Å²) >= 11 is 3.48. The second-order valence-electron chi connectivity index (χ2n) is 7.69. The highest BCUT2D eigenvalue weighted by Crippen LogP contribution is 2.32.